The van der Waals surface area contributed by atoms with Gasteiger partial charge in [0.25, 0.3) is 0 Å². The molecule has 450 valence electrons. The van der Waals surface area contributed by atoms with Crippen LogP contribution in [-0.2, 0) is 43.3 Å². The predicted molar refractivity (Wildman–Crippen MR) is 383 cm³/mol. The molecule has 10 aromatic rings. The van der Waals surface area contributed by atoms with Gasteiger partial charge in [0.15, 0.2) is 0 Å². The molecule has 0 radical (unpaired) electrons. The second-order valence-electron chi connectivity index (χ2n) is 33.8. The van der Waals surface area contributed by atoms with Gasteiger partial charge in [-0.25, -0.2) is 0 Å². The van der Waals surface area contributed by atoms with E-state index in [1.54, 1.807) is 0 Å². The van der Waals surface area contributed by atoms with Gasteiger partial charge in [-0.05, 0) is 227 Å². The van der Waals surface area contributed by atoms with Crippen LogP contribution in [0.1, 0.15) is 212 Å². The summed E-state index contributed by atoms with van der Waals surface area (Å²) in [6.45, 7) is 56.0. The molecule has 1 heterocycles. The normalized spacial score (nSPS) is 13.4. The predicted octanol–water partition coefficient (Wildman–Crippen LogP) is 25.2. The monoisotopic (exact) mass is 1150 g/mol. The Hall–Kier alpha value is -7.22. The van der Waals surface area contributed by atoms with Crippen molar-refractivity contribution in [1.82, 2.24) is 4.57 Å². The molecule has 0 N–H and O–H groups in total. The number of benzene rings is 9. The summed E-state index contributed by atoms with van der Waals surface area (Å²) in [6, 6.07) is 66.6. The average Bonchev–Trinajstić information content (AvgIpc) is 1.59. The summed E-state index contributed by atoms with van der Waals surface area (Å²) >= 11 is 0. The number of aromatic nitrogens is 1. The molecule has 0 aliphatic carbocycles. The van der Waals surface area contributed by atoms with E-state index in [4.69, 9.17) is 0 Å². The van der Waals surface area contributed by atoms with Crippen LogP contribution >= 0.6 is 0 Å². The number of rotatable bonds is 7. The van der Waals surface area contributed by atoms with Crippen molar-refractivity contribution in [3.63, 3.8) is 0 Å². The molecular formula is C86H101N. The molecule has 1 nitrogen and oxygen atoms in total. The van der Waals surface area contributed by atoms with Gasteiger partial charge in [-0.1, -0.05) is 269 Å². The molecule has 9 aromatic carbocycles. The molecule has 0 saturated heterocycles. The smallest absolute Gasteiger partial charge is 0.0645 e. The van der Waals surface area contributed by atoms with Gasteiger partial charge in [-0.15, -0.1) is 0 Å². The maximum absolute atomic E-state index is 9.38. The highest BCUT2D eigenvalue weighted by Crippen LogP contribution is 2.45. The molecule has 0 aliphatic rings. The van der Waals surface area contributed by atoms with Crippen LogP contribution in [0.5, 0.6) is 0 Å². The maximum atomic E-state index is 9.38. The average molecular weight is 1150 g/mol. The summed E-state index contributed by atoms with van der Waals surface area (Å²) in [5.74, 6) is 0. The van der Waals surface area contributed by atoms with Crippen molar-refractivity contribution in [2.75, 3.05) is 0 Å². The topological polar surface area (TPSA) is 4.93 Å². The van der Waals surface area contributed by atoms with Crippen LogP contribution in [0.15, 0.2) is 176 Å². The minimum Gasteiger partial charge on any atom is -0.309 e. The number of hydrogen-bond donors (Lipinski definition) is 0. The Morgan fingerprint density at radius 2 is 0.437 bits per heavy atom. The highest BCUT2D eigenvalue weighted by atomic mass is 15.0. The van der Waals surface area contributed by atoms with Crippen molar-refractivity contribution in [2.45, 2.75) is 209 Å². The molecule has 87 heavy (non-hydrogen) atoms. The second-order valence-corrected chi connectivity index (χ2v) is 33.8. The lowest BCUT2D eigenvalue weighted by molar-refractivity contribution is 0.568. The van der Waals surface area contributed by atoms with Gasteiger partial charge in [0.1, 0.15) is 0 Å². The van der Waals surface area contributed by atoms with Crippen LogP contribution in [0, 0.1) is 0 Å². The molecule has 0 spiro atoms. The Balaban J connectivity index is 1.27. The molecule has 0 fully saturated rings. The van der Waals surface area contributed by atoms with Crippen LogP contribution in [0.3, 0.4) is 0 Å². The van der Waals surface area contributed by atoms with Gasteiger partial charge >= 0.3 is 0 Å². The van der Waals surface area contributed by atoms with E-state index in [9.17, 15) is 1.37 Å². The molecule has 0 unspecified atom stereocenters. The molecule has 0 atom stereocenters. The van der Waals surface area contributed by atoms with Crippen LogP contribution in [0.25, 0.3) is 94.3 Å². The van der Waals surface area contributed by atoms with E-state index < -0.39 is 0 Å². The molecule has 10 rings (SSSR count). The van der Waals surface area contributed by atoms with Gasteiger partial charge in [0.2, 0.25) is 0 Å². The molecule has 1 aromatic heterocycles. The quantitative estimate of drug-likeness (QED) is 0.150. The van der Waals surface area contributed by atoms with Crippen LogP contribution in [0.4, 0.5) is 0 Å². The van der Waals surface area contributed by atoms with Gasteiger partial charge in [-0.2, -0.15) is 0 Å². The lowest BCUT2D eigenvalue weighted by atomic mass is 9.77. The van der Waals surface area contributed by atoms with Crippen molar-refractivity contribution < 1.29 is 1.37 Å². The fraction of sp³-hybridized carbons (Fsp3) is 0.372. The summed E-state index contributed by atoms with van der Waals surface area (Å²) in [4.78, 5) is 0. The zero-order chi connectivity index (χ0) is 64.4. The first kappa shape index (κ1) is 61.4. The van der Waals surface area contributed by atoms with Crippen molar-refractivity contribution in [1.29, 1.82) is 0 Å². The third-order valence-corrected chi connectivity index (χ3v) is 18.2. The van der Waals surface area contributed by atoms with E-state index in [-0.39, 0.29) is 43.3 Å². The molecular weight excluding hydrogens is 1050 g/mol. The largest absolute Gasteiger partial charge is 0.309 e. The summed E-state index contributed by atoms with van der Waals surface area (Å²) in [6.07, 6.45) is 0. The fourth-order valence-electron chi connectivity index (χ4n) is 12.1. The van der Waals surface area contributed by atoms with Crippen LogP contribution < -0.4 is 0 Å². The maximum Gasteiger partial charge on any atom is 0.0645 e. The van der Waals surface area contributed by atoms with E-state index in [1.807, 2.05) is 12.1 Å². The number of fused-ring (bicyclic) bond motifs is 3. The standard InChI is InChI=1S/C86H101N/c1-79(2,3)66-40-62(41-67(50-66)80(4,5)6)58-34-56(35-59(38-58)63-42-68(81(7,8)9)51-69(43-63)82(10,11)12)54-30-32-77-75(48-54)76-49-55(31-33-78(76)87(77)74-28-26-25-27-29-74)57-36-60(64-44-70(83(13,14)15)52-71(45-64)84(16,17)18)39-61(37-57)65-46-72(85(19,20)21)53-73(47-65)86(22,23)24/h25-53H,1-24H3/i28D. The molecule has 1 heteroatoms. The van der Waals surface area contributed by atoms with Gasteiger partial charge in [0.05, 0.1) is 12.4 Å². The Bertz CT molecular complexity index is 3750. The van der Waals surface area contributed by atoms with E-state index >= 15 is 0 Å². The number of nitrogens with zero attached hydrogens (tertiary/aromatic N) is 1. The number of hydrogen-bond acceptors (Lipinski definition) is 0. The Labute approximate surface area is 527 Å². The second kappa shape index (κ2) is 21.8. The van der Waals surface area contributed by atoms with Gasteiger partial charge in [-0.3, -0.25) is 0 Å². The van der Waals surface area contributed by atoms with Crippen molar-refractivity contribution in [3.05, 3.63) is 220 Å². The number of para-hydroxylation sites is 1. The van der Waals surface area contributed by atoms with E-state index in [2.05, 4.69) is 328 Å². The first-order valence-corrected chi connectivity index (χ1v) is 32.1. The fourth-order valence-corrected chi connectivity index (χ4v) is 12.1. The van der Waals surface area contributed by atoms with E-state index in [0.717, 1.165) is 38.6 Å². The zero-order valence-corrected chi connectivity index (χ0v) is 57.6. The summed E-state index contributed by atoms with van der Waals surface area (Å²) in [5.41, 5.74) is 27.8. The minimum absolute atomic E-state index is 0.0437. The Morgan fingerprint density at radius 1 is 0.218 bits per heavy atom. The van der Waals surface area contributed by atoms with Crippen molar-refractivity contribution >= 4 is 21.8 Å². The summed E-state index contributed by atoms with van der Waals surface area (Å²) in [5, 5.41) is 2.30. The third kappa shape index (κ3) is 13.3. The molecule has 0 aliphatic heterocycles. The Kier molecular flexibility index (Phi) is 15.4. The zero-order valence-electron chi connectivity index (χ0n) is 58.6. The lowest BCUT2D eigenvalue weighted by Crippen LogP contribution is -2.16. The highest BCUT2D eigenvalue weighted by molar-refractivity contribution is 6.12. The first-order valence-electron chi connectivity index (χ1n) is 32.6. The molecule has 0 bridgehead atoms. The summed E-state index contributed by atoms with van der Waals surface area (Å²) < 4.78 is 11.7. The van der Waals surface area contributed by atoms with E-state index in [0.29, 0.717) is 6.04 Å². The van der Waals surface area contributed by atoms with Crippen LogP contribution in [-0.4, -0.2) is 4.57 Å². The molecule has 0 amide bonds. The van der Waals surface area contributed by atoms with Crippen molar-refractivity contribution in [2.24, 2.45) is 0 Å². The lowest BCUT2D eigenvalue weighted by Gasteiger charge is -2.27. The summed E-state index contributed by atoms with van der Waals surface area (Å²) in [7, 11) is 0. The van der Waals surface area contributed by atoms with Gasteiger partial charge in [0, 0.05) is 16.5 Å². The highest BCUT2D eigenvalue weighted by Gasteiger charge is 2.28. The molecule has 0 saturated carbocycles. The van der Waals surface area contributed by atoms with Gasteiger partial charge < -0.3 is 4.57 Å². The van der Waals surface area contributed by atoms with E-state index in [1.165, 1.54) is 100 Å². The van der Waals surface area contributed by atoms with Crippen LogP contribution in [0.2, 0.25) is 0 Å². The minimum atomic E-state index is -0.0437. The van der Waals surface area contributed by atoms with Crippen molar-refractivity contribution in [3.8, 4) is 72.4 Å². The SMILES string of the molecule is [2H]c1ccccc1-n1c2ccc(-c3cc(-c4cc(C(C)(C)C)cc(C(C)(C)C)c4)cc(-c4cc(C(C)(C)C)cc(C(C)(C)C)c4)c3)cc2c2cc(-c3cc(-c4cc(C(C)(C)C)cc(C(C)(C)C)c4)cc(-c4cc(C(C)(C)C)cc(C(C)(C)C)c4)c3)ccc21. The third-order valence-electron chi connectivity index (χ3n) is 18.2. The Morgan fingerprint density at radius 3 is 0.655 bits per heavy atom. The first-order chi connectivity index (χ1) is 40.5.